The summed E-state index contributed by atoms with van der Waals surface area (Å²) in [6.07, 6.45) is 11.6. The minimum atomic E-state index is 0.510. The van der Waals surface area contributed by atoms with Gasteiger partial charge in [-0.05, 0) is 56.4 Å². The van der Waals surface area contributed by atoms with Crippen LogP contribution in [0.3, 0.4) is 0 Å². The minimum absolute atomic E-state index is 0.510. The van der Waals surface area contributed by atoms with E-state index in [1.54, 1.807) is 0 Å². The summed E-state index contributed by atoms with van der Waals surface area (Å²) in [6, 6.07) is 0. The first-order valence-electron chi connectivity index (χ1n) is 7.85. The van der Waals surface area contributed by atoms with Crippen LogP contribution >= 0.6 is 0 Å². The van der Waals surface area contributed by atoms with Crippen LogP contribution in [0.5, 0.6) is 0 Å². The molecule has 2 fully saturated rings. The molecule has 0 spiro atoms. The first-order valence-corrected chi connectivity index (χ1v) is 7.85. The third-order valence-electron chi connectivity index (χ3n) is 4.86. The van der Waals surface area contributed by atoms with E-state index in [4.69, 9.17) is 0 Å². The maximum atomic E-state index is 3.86. The molecule has 1 aliphatic carbocycles. The molecule has 17 heavy (non-hydrogen) atoms. The van der Waals surface area contributed by atoms with Crippen LogP contribution in [0.4, 0.5) is 0 Å². The molecule has 0 bridgehead atoms. The summed E-state index contributed by atoms with van der Waals surface area (Å²) in [5, 5.41) is 3.86. The molecule has 3 atom stereocenters. The van der Waals surface area contributed by atoms with E-state index >= 15 is 0 Å². The van der Waals surface area contributed by atoms with E-state index in [0.29, 0.717) is 5.54 Å². The van der Waals surface area contributed by atoms with Gasteiger partial charge in [0.15, 0.2) is 0 Å². The standard InChI is InChI=1S/C16H31N/c1-13(2)11-16(8-5-9-17-16)12-15-7-4-6-14(3)10-15/h13-15,17H,4-12H2,1-3H3. The first-order chi connectivity index (χ1) is 8.10. The summed E-state index contributed by atoms with van der Waals surface area (Å²) in [5.41, 5.74) is 0.510. The predicted molar refractivity (Wildman–Crippen MR) is 75.2 cm³/mol. The molecule has 2 aliphatic rings. The first kappa shape index (κ1) is 13.4. The van der Waals surface area contributed by atoms with Gasteiger partial charge in [-0.15, -0.1) is 0 Å². The molecule has 0 aromatic carbocycles. The normalized spacial score (nSPS) is 38.8. The highest BCUT2D eigenvalue weighted by atomic mass is 15.0. The fourth-order valence-electron chi connectivity index (χ4n) is 4.38. The van der Waals surface area contributed by atoms with Gasteiger partial charge < -0.3 is 5.32 Å². The number of hydrogen-bond donors (Lipinski definition) is 1. The van der Waals surface area contributed by atoms with Crippen LogP contribution in [0, 0.1) is 17.8 Å². The van der Waals surface area contributed by atoms with Crippen molar-refractivity contribution in [1.29, 1.82) is 0 Å². The van der Waals surface area contributed by atoms with Crippen molar-refractivity contribution in [1.82, 2.24) is 5.32 Å². The zero-order valence-corrected chi connectivity index (χ0v) is 12.1. The molecule has 1 nitrogen and oxygen atoms in total. The van der Waals surface area contributed by atoms with E-state index in [0.717, 1.165) is 17.8 Å². The molecule has 1 heteroatoms. The molecule has 1 N–H and O–H groups in total. The molecule has 1 saturated heterocycles. The smallest absolute Gasteiger partial charge is 0.0187 e. The van der Waals surface area contributed by atoms with Gasteiger partial charge in [0.05, 0.1) is 0 Å². The Kier molecular flexibility index (Phi) is 4.52. The molecule has 1 aliphatic heterocycles. The van der Waals surface area contributed by atoms with Crippen molar-refractivity contribution in [3.8, 4) is 0 Å². The lowest BCUT2D eigenvalue weighted by molar-refractivity contribution is 0.185. The highest BCUT2D eigenvalue weighted by molar-refractivity contribution is 4.95. The highest BCUT2D eigenvalue weighted by Crippen LogP contribution is 2.39. The molecule has 2 rings (SSSR count). The third kappa shape index (κ3) is 3.71. The van der Waals surface area contributed by atoms with E-state index in [-0.39, 0.29) is 0 Å². The van der Waals surface area contributed by atoms with E-state index in [1.807, 2.05) is 0 Å². The molecule has 0 aromatic heterocycles. The second kappa shape index (κ2) is 5.73. The van der Waals surface area contributed by atoms with Crippen molar-refractivity contribution in [3.05, 3.63) is 0 Å². The molecular weight excluding hydrogens is 206 g/mol. The van der Waals surface area contributed by atoms with Crippen molar-refractivity contribution in [2.24, 2.45) is 17.8 Å². The molecule has 0 amide bonds. The van der Waals surface area contributed by atoms with Gasteiger partial charge in [0.1, 0.15) is 0 Å². The average Bonchev–Trinajstić information content (AvgIpc) is 2.65. The summed E-state index contributed by atoms with van der Waals surface area (Å²) < 4.78 is 0. The summed E-state index contributed by atoms with van der Waals surface area (Å²) >= 11 is 0. The fourth-order valence-corrected chi connectivity index (χ4v) is 4.38. The van der Waals surface area contributed by atoms with E-state index < -0.39 is 0 Å². The van der Waals surface area contributed by atoms with Gasteiger partial charge in [-0.1, -0.05) is 40.0 Å². The van der Waals surface area contributed by atoms with Crippen LogP contribution in [0.15, 0.2) is 0 Å². The lowest BCUT2D eigenvalue weighted by Crippen LogP contribution is -2.43. The molecule has 1 saturated carbocycles. The number of nitrogens with one attached hydrogen (secondary N) is 1. The summed E-state index contributed by atoms with van der Waals surface area (Å²) in [7, 11) is 0. The third-order valence-corrected chi connectivity index (χ3v) is 4.86. The Morgan fingerprint density at radius 3 is 2.65 bits per heavy atom. The van der Waals surface area contributed by atoms with Gasteiger partial charge >= 0.3 is 0 Å². The van der Waals surface area contributed by atoms with Crippen molar-refractivity contribution in [2.75, 3.05) is 6.54 Å². The Morgan fingerprint density at radius 1 is 1.24 bits per heavy atom. The van der Waals surface area contributed by atoms with Crippen molar-refractivity contribution in [2.45, 2.75) is 77.7 Å². The Labute approximate surface area is 108 Å². The lowest BCUT2D eigenvalue weighted by atomic mass is 9.73. The summed E-state index contributed by atoms with van der Waals surface area (Å²) in [5.74, 6) is 2.82. The Hall–Kier alpha value is -0.0400. The molecular formula is C16H31N. The summed E-state index contributed by atoms with van der Waals surface area (Å²) in [4.78, 5) is 0. The largest absolute Gasteiger partial charge is 0.311 e. The van der Waals surface area contributed by atoms with Crippen LogP contribution in [-0.2, 0) is 0 Å². The van der Waals surface area contributed by atoms with E-state index in [9.17, 15) is 0 Å². The molecule has 0 radical (unpaired) electrons. The Balaban J connectivity index is 1.92. The zero-order chi connectivity index (χ0) is 12.3. The maximum absolute atomic E-state index is 3.86. The number of hydrogen-bond acceptors (Lipinski definition) is 1. The molecule has 100 valence electrons. The van der Waals surface area contributed by atoms with Crippen molar-refractivity contribution < 1.29 is 0 Å². The van der Waals surface area contributed by atoms with Crippen LogP contribution in [0.25, 0.3) is 0 Å². The second-order valence-electron chi connectivity index (χ2n) is 7.25. The van der Waals surface area contributed by atoms with Crippen LogP contribution < -0.4 is 5.32 Å². The monoisotopic (exact) mass is 237 g/mol. The fraction of sp³-hybridized carbons (Fsp3) is 1.00. The van der Waals surface area contributed by atoms with E-state index in [1.165, 1.54) is 57.9 Å². The quantitative estimate of drug-likeness (QED) is 0.765. The lowest BCUT2D eigenvalue weighted by Gasteiger charge is -2.37. The minimum Gasteiger partial charge on any atom is -0.311 e. The van der Waals surface area contributed by atoms with Crippen LogP contribution in [0.2, 0.25) is 0 Å². The average molecular weight is 237 g/mol. The SMILES string of the molecule is CC(C)CC1(CC2CCCC(C)C2)CCCN1. The second-order valence-corrected chi connectivity index (χ2v) is 7.25. The van der Waals surface area contributed by atoms with Gasteiger partial charge in [-0.3, -0.25) is 0 Å². The predicted octanol–water partition coefficient (Wildman–Crippen LogP) is 4.37. The topological polar surface area (TPSA) is 12.0 Å². The van der Waals surface area contributed by atoms with Gasteiger partial charge in [0.25, 0.3) is 0 Å². The van der Waals surface area contributed by atoms with Gasteiger partial charge in [-0.2, -0.15) is 0 Å². The zero-order valence-electron chi connectivity index (χ0n) is 12.1. The maximum Gasteiger partial charge on any atom is 0.0187 e. The van der Waals surface area contributed by atoms with E-state index in [2.05, 4.69) is 26.1 Å². The highest BCUT2D eigenvalue weighted by Gasteiger charge is 2.36. The summed E-state index contributed by atoms with van der Waals surface area (Å²) in [6.45, 7) is 8.47. The van der Waals surface area contributed by atoms with Crippen molar-refractivity contribution >= 4 is 0 Å². The van der Waals surface area contributed by atoms with Crippen LogP contribution in [-0.4, -0.2) is 12.1 Å². The molecule has 1 heterocycles. The van der Waals surface area contributed by atoms with Crippen molar-refractivity contribution in [3.63, 3.8) is 0 Å². The number of rotatable bonds is 4. The molecule has 0 aromatic rings. The Bertz CT molecular complexity index is 228. The molecule has 3 unspecified atom stereocenters. The van der Waals surface area contributed by atoms with Gasteiger partial charge in [0, 0.05) is 5.54 Å². The van der Waals surface area contributed by atoms with Gasteiger partial charge in [-0.25, -0.2) is 0 Å². The Morgan fingerprint density at radius 2 is 2.06 bits per heavy atom. The van der Waals surface area contributed by atoms with Gasteiger partial charge in [0.2, 0.25) is 0 Å². The van der Waals surface area contributed by atoms with Crippen LogP contribution in [0.1, 0.15) is 72.1 Å².